The van der Waals surface area contributed by atoms with Crippen molar-refractivity contribution < 1.29 is 23.8 Å². The largest absolute Gasteiger partial charge is 0.493 e. The second-order valence-electron chi connectivity index (χ2n) is 10.9. The van der Waals surface area contributed by atoms with Gasteiger partial charge in [-0.05, 0) is 42.0 Å². The predicted octanol–water partition coefficient (Wildman–Crippen LogP) is 9.50. The Balaban J connectivity index is 1.36. The monoisotopic (exact) mass is 584 g/mol. The highest BCUT2D eigenvalue weighted by Crippen LogP contribution is 2.25. The number of hydrogen-bond acceptors (Lipinski definition) is 5. The molecule has 5 nitrogen and oxygen atoms in total. The smallest absolute Gasteiger partial charge is 0.316 e. The quantitative estimate of drug-likeness (QED) is 0.0709. The molecule has 3 rings (SSSR count). The minimum absolute atomic E-state index is 0.120. The normalized spacial score (nSPS) is 12.0. The lowest BCUT2D eigenvalue weighted by molar-refractivity contribution is -0.150. The number of ether oxygens (including phenoxy) is 3. The third-order valence-electron chi connectivity index (χ3n) is 7.37. The van der Waals surface area contributed by atoms with Crippen LogP contribution in [-0.4, -0.2) is 11.9 Å². The van der Waals surface area contributed by atoms with Gasteiger partial charge < -0.3 is 14.2 Å². The zero-order valence-electron chi connectivity index (χ0n) is 25.8. The van der Waals surface area contributed by atoms with Crippen molar-refractivity contribution in [1.82, 2.24) is 0 Å². The van der Waals surface area contributed by atoms with Crippen molar-refractivity contribution in [2.45, 2.75) is 97.4 Å². The number of carbonyl (C=O) groups is 2. The van der Waals surface area contributed by atoms with E-state index in [4.69, 9.17) is 14.2 Å². The van der Waals surface area contributed by atoms with Crippen molar-refractivity contribution in [1.29, 1.82) is 0 Å². The highest BCUT2D eigenvalue weighted by atomic mass is 16.5. The molecule has 1 atom stereocenters. The first kappa shape index (κ1) is 33.6. The fraction of sp³-hybridized carbons (Fsp3) is 0.421. The van der Waals surface area contributed by atoms with Crippen LogP contribution >= 0.6 is 0 Å². The molecule has 0 aliphatic rings. The molecule has 3 aromatic rings. The average molecular weight is 585 g/mol. The lowest BCUT2D eigenvalue weighted by Crippen LogP contribution is -2.21. The Morgan fingerprint density at radius 3 is 1.53 bits per heavy atom. The summed E-state index contributed by atoms with van der Waals surface area (Å²) in [6.07, 6.45) is 12.5. The molecule has 0 saturated heterocycles. The van der Waals surface area contributed by atoms with E-state index in [2.05, 4.69) is 6.92 Å². The Morgan fingerprint density at radius 2 is 1.02 bits per heavy atom. The van der Waals surface area contributed by atoms with Gasteiger partial charge in [0.2, 0.25) is 0 Å². The molecule has 0 heterocycles. The van der Waals surface area contributed by atoms with Crippen LogP contribution in [0.3, 0.4) is 0 Å². The third-order valence-corrected chi connectivity index (χ3v) is 7.37. The van der Waals surface area contributed by atoms with Crippen LogP contribution in [0.15, 0.2) is 103 Å². The number of carbonyl (C=O) groups excluding carboxylic acids is 2. The highest BCUT2D eigenvalue weighted by molar-refractivity contribution is 5.75. The molecule has 0 amide bonds. The molecule has 0 bridgehead atoms. The van der Waals surface area contributed by atoms with E-state index in [0.29, 0.717) is 31.8 Å². The van der Waals surface area contributed by atoms with Crippen molar-refractivity contribution in [3.8, 4) is 0 Å². The molecule has 0 aromatic heterocycles. The van der Waals surface area contributed by atoms with E-state index in [1.165, 1.54) is 0 Å². The Labute approximate surface area is 258 Å². The second kappa shape index (κ2) is 20.9. The highest BCUT2D eigenvalue weighted by Gasteiger charge is 2.26. The zero-order chi connectivity index (χ0) is 30.4. The van der Waals surface area contributed by atoms with Crippen LogP contribution in [0, 0.1) is 5.92 Å². The Kier molecular flexibility index (Phi) is 16.4. The maximum atomic E-state index is 13.3. The summed E-state index contributed by atoms with van der Waals surface area (Å²) >= 11 is 0. The van der Waals surface area contributed by atoms with Crippen molar-refractivity contribution in [2.75, 3.05) is 0 Å². The van der Waals surface area contributed by atoms with E-state index in [9.17, 15) is 9.59 Å². The van der Waals surface area contributed by atoms with Gasteiger partial charge in [0.15, 0.2) is 0 Å². The molecular formula is C38H48O5. The summed E-state index contributed by atoms with van der Waals surface area (Å²) in [6.45, 7) is 3.10. The van der Waals surface area contributed by atoms with Gasteiger partial charge in [0.1, 0.15) is 31.5 Å². The van der Waals surface area contributed by atoms with Crippen molar-refractivity contribution in [2.24, 2.45) is 5.92 Å². The van der Waals surface area contributed by atoms with Crippen LogP contribution in [0.1, 0.15) is 94.2 Å². The van der Waals surface area contributed by atoms with Gasteiger partial charge in [0.25, 0.3) is 0 Å². The summed E-state index contributed by atoms with van der Waals surface area (Å²) in [6, 6.07) is 29.6. The first-order chi connectivity index (χ1) is 21.2. The second-order valence-corrected chi connectivity index (χ2v) is 10.9. The van der Waals surface area contributed by atoms with E-state index < -0.39 is 5.92 Å². The summed E-state index contributed by atoms with van der Waals surface area (Å²) in [7, 11) is 0. The summed E-state index contributed by atoms with van der Waals surface area (Å²) in [4.78, 5) is 25.3. The van der Waals surface area contributed by atoms with Crippen LogP contribution < -0.4 is 0 Å². The number of esters is 2. The van der Waals surface area contributed by atoms with Gasteiger partial charge in [-0.2, -0.15) is 0 Å². The summed E-state index contributed by atoms with van der Waals surface area (Å²) in [5, 5.41) is 0. The van der Waals surface area contributed by atoms with Crippen LogP contribution in [-0.2, 0) is 43.6 Å². The average Bonchev–Trinajstić information content (AvgIpc) is 3.05. The Bertz CT molecular complexity index is 1190. The van der Waals surface area contributed by atoms with E-state index in [1.54, 1.807) is 0 Å². The Morgan fingerprint density at radius 1 is 0.581 bits per heavy atom. The maximum Gasteiger partial charge on any atom is 0.316 e. The number of unbranched alkanes of at least 4 members (excludes halogenated alkanes) is 7. The fourth-order valence-corrected chi connectivity index (χ4v) is 4.94. The molecular weight excluding hydrogens is 536 g/mol. The van der Waals surface area contributed by atoms with E-state index in [0.717, 1.165) is 74.5 Å². The van der Waals surface area contributed by atoms with Gasteiger partial charge in [-0.3, -0.25) is 9.59 Å². The predicted molar refractivity (Wildman–Crippen MR) is 172 cm³/mol. The first-order valence-electron chi connectivity index (χ1n) is 15.9. The Hall–Kier alpha value is -3.86. The number of hydrogen-bond donors (Lipinski definition) is 0. The lowest BCUT2D eigenvalue weighted by Gasteiger charge is -2.20. The van der Waals surface area contributed by atoms with E-state index >= 15 is 0 Å². The van der Waals surface area contributed by atoms with Gasteiger partial charge in [-0.25, -0.2) is 0 Å². The van der Waals surface area contributed by atoms with Crippen LogP contribution in [0.2, 0.25) is 0 Å². The standard InChI is InChI=1S/C38H48O5/c1-2-20-36(41-29-32-21-12-9-13-22-32)35(38(40)43-31-34-25-16-11-17-26-34)27-18-7-5-3-4-6-8-19-28-37(39)42-30-33-23-14-10-15-24-33/h9-17,20-26,35H,2-8,18-19,27-31H2,1H3/b36-20-. The molecule has 0 aliphatic carbocycles. The summed E-state index contributed by atoms with van der Waals surface area (Å²) in [5.74, 6) is -0.0374. The molecule has 1 unspecified atom stereocenters. The summed E-state index contributed by atoms with van der Waals surface area (Å²) in [5.41, 5.74) is 3.07. The maximum absolute atomic E-state index is 13.3. The van der Waals surface area contributed by atoms with Crippen molar-refractivity contribution in [3.05, 3.63) is 120 Å². The van der Waals surface area contributed by atoms with Gasteiger partial charge in [0.05, 0.1) is 0 Å². The van der Waals surface area contributed by atoms with Gasteiger partial charge in [-0.15, -0.1) is 0 Å². The van der Waals surface area contributed by atoms with Gasteiger partial charge in [0, 0.05) is 6.42 Å². The molecule has 0 saturated carbocycles. The van der Waals surface area contributed by atoms with Crippen LogP contribution in [0.25, 0.3) is 0 Å². The van der Waals surface area contributed by atoms with Crippen LogP contribution in [0.5, 0.6) is 0 Å². The van der Waals surface area contributed by atoms with E-state index in [-0.39, 0.29) is 18.5 Å². The minimum Gasteiger partial charge on any atom is -0.493 e. The SMILES string of the molecule is CC/C=C(\OCc1ccccc1)C(CCCCCCCCCCC(=O)OCc1ccccc1)C(=O)OCc1ccccc1. The molecule has 0 fully saturated rings. The minimum atomic E-state index is -0.408. The molecule has 43 heavy (non-hydrogen) atoms. The molecule has 3 aromatic carbocycles. The first-order valence-corrected chi connectivity index (χ1v) is 15.9. The van der Waals surface area contributed by atoms with Gasteiger partial charge in [-0.1, -0.05) is 143 Å². The molecule has 0 N–H and O–H groups in total. The topological polar surface area (TPSA) is 61.8 Å². The molecule has 0 radical (unpaired) electrons. The van der Waals surface area contributed by atoms with Crippen LogP contribution in [0.4, 0.5) is 0 Å². The van der Waals surface area contributed by atoms with Crippen molar-refractivity contribution in [3.63, 3.8) is 0 Å². The lowest BCUT2D eigenvalue weighted by atomic mass is 9.97. The summed E-state index contributed by atoms with van der Waals surface area (Å²) < 4.78 is 17.3. The molecule has 0 spiro atoms. The molecule has 230 valence electrons. The molecule has 0 aliphatic heterocycles. The van der Waals surface area contributed by atoms with Gasteiger partial charge >= 0.3 is 11.9 Å². The third kappa shape index (κ3) is 14.2. The fourth-order valence-electron chi connectivity index (χ4n) is 4.94. The molecule has 5 heteroatoms. The number of benzene rings is 3. The zero-order valence-corrected chi connectivity index (χ0v) is 25.8. The van der Waals surface area contributed by atoms with Crippen molar-refractivity contribution >= 4 is 11.9 Å². The number of allylic oxidation sites excluding steroid dienone is 1. The van der Waals surface area contributed by atoms with E-state index in [1.807, 2.05) is 97.1 Å². The number of rotatable bonds is 21.